The molecule has 0 saturated carbocycles. The number of carbonyl (C=O) groups is 2. The minimum Gasteiger partial charge on any atom is -0.466 e. The molecule has 0 aliphatic rings. The van der Waals surface area contributed by atoms with E-state index < -0.39 is 12.1 Å². The van der Waals surface area contributed by atoms with Crippen molar-refractivity contribution in [2.24, 2.45) is 0 Å². The summed E-state index contributed by atoms with van der Waals surface area (Å²) in [5.41, 5.74) is 0. The molecule has 0 rings (SSSR count). The first-order chi connectivity index (χ1) is 37.5. The molecule has 0 spiro atoms. The third-order valence-corrected chi connectivity index (χ3v) is 16.2. The highest BCUT2D eigenvalue weighted by Crippen LogP contribution is 2.19. The highest BCUT2D eigenvalue weighted by Gasteiger charge is 2.18. The zero-order valence-corrected chi connectivity index (χ0v) is 51.5. The Balaban J connectivity index is 3.30. The molecule has 0 radical (unpaired) electrons. The van der Waals surface area contributed by atoms with Gasteiger partial charge in [0.15, 0.2) is 0 Å². The number of amides is 1. The van der Waals surface area contributed by atoms with Crippen LogP contribution in [0.2, 0.25) is 0 Å². The van der Waals surface area contributed by atoms with Crippen molar-refractivity contribution >= 4 is 11.9 Å². The monoisotopic (exact) mass is 1070 g/mol. The largest absolute Gasteiger partial charge is 0.466 e. The fraction of sp³-hybridized carbons (Fsp3) is 0.914. The van der Waals surface area contributed by atoms with Gasteiger partial charge in [-0.05, 0) is 57.8 Å². The summed E-state index contributed by atoms with van der Waals surface area (Å²) in [7, 11) is 0. The summed E-state index contributed by atoms with van der Waals surface area (Å²) in [5.74, 6) is -0.0492. The maximum Gasteiger partial charge on any atom is 0.305 e. The maximum atomic E-state index is 12.5. The Bertz CT molecular complexity index is 1190. The first kappa shape index (κ1) is 74.3. The predicted molar refractivity (Wildman–Crippen MR) is 333 cm³/mol. The molecule has 6 nitrogen and oxygen atoms in total. The molecule has 1 amide bonds. The minimum atomic E-state index is -0.839. The maximum absolute atomic E-state index is 12.5. The molecule has 2 unspecified atom stereocenters. The Morgan fingerprint density at radius 1 is 0.355 bits per heavy atom. The highest BCUT2D eigenvalue weighted by atomic mass is 16.5. The first-order valence-corrected chi connectivity index (χ1v) is 34.6. The van der Waals surface area contributed by atoms with Crippen molar-refractivity contribution in [1.82, 2.24) is 5.32 Å². The van der Waals surface area contributed by atoms with Crippen molar-refractivity contribution in [3.63, 3.8) is 0 Å². The van der Waals surface area contributed by atoms with Gasteiger partial charge in [0, 0.05) is 12.8 Å². The fourth-order valence-corrected chi connectivity index (χ4v) is 10.9. The van der Waals surface area contributed by atoms with Crippen LogP contribution in [0.5, 0.6) is 0 Å². The van der Waals surface area contributed by atoms with Gasteiger partial charge in [0.05, 0.1) is 25.4 Å². The summed E-state index contributed by atoms with van der Waals surface area (Å²) in [5, 5.41) is 23.1. The van der Waals surface area contributed by atoms with E-state index in [9.17, 15) is 19.8 Å². The SMILES string of the molecule is CCCCC/C=C\CCCCCCCC(=O)OCCCCCCCCCCCCCCCCCCCCCCCCCCCCCCCCCCCCCC(=O)NC(CO)C(O)/C=C/CCCCCCCCCCCC. The van der Waals surface area contributed by atoms with Crippen LogP contribution in [0.1, 0.15) is 386 Å². The van der Waals surface area contributed by atoms with Gasteiger partial charge in [-0.15, -0.1) is 0 Å². The van der Waals surface area contributed by atoms with E-state index in [0.717, 1.165) is 44.9 Å². The van der Waals surface area contributed by atoms with Gasteiger partial charge >= 0.3 is 5.97 Å². The summed E-state index contributed by atoms with van der Waals surface area (Å²) in [6.45, 7) is 4.90. The van der Waals surface area contributed by atoms with Crippen LogP contribution < -0.4 is 5.32 Å². The summed E-state index contributed by atoms with van der Waals surface area (Å²) < 4.78 is 5.48. The van der Waals surface area contributed by atoms with Crippen LogP contribution in [-0.4, -0.2) is 47.4 Å². The molecule has 3 N–H and O–H groups in total. The summed E-state index contributed by atoms with van der Waals surface area (Å²) >= 11 is 0. The average molecular weight is 1070 g/mol. The van der Waals surface area contributed by atoms with Crippen molar-refractivity contribution in [2.75, 3.05) is 13.2 Å². The molecule has 6 heteroatoms. The Labute approximate surface area is 475 Å². The van der Waals surface area contributed by atoms with Crippen molar-refractivity contribution in [1.29, 1.82) is 0 Å². The summed E-state index contributed by atoms with van der Waals surface area (Å²) in [6.07, 6.45) is 82.7. The topological polar surface area (TPSA) is 95.9 Å². The molecule has 0 aliphatic heterocycles. The zero-order chi connectivity index (χ0) is 55.0. The number of nitrogens with one attached hydrogen (secondary N) is 1. The van der Waals surface area contributed by atoms with Crippen molar-refractivity contribution in [2.45, 2.75) is 398 Å². The van der Waals surface area contributed by atoms with E-state index in [2.05, 4.69) is 31.3 Å². The van der Waals surface area contributed by atoms with Gasteiger partial charge in [0.1, 0.15) is 0 Å². The van der Waals surface area contributed by atoms with E-state index in [-0.39, 0.29) is 18.5 Å². The number of carbonyl (C=O) groups excluding carboxylic acids is 2. The lowest BCUT2D eigenvalue weighted by molar-refractivity contribution is -0.143. The lowest BCUT2D eigenvalue weighted by Gasteiger charge is -2.20. The number of ether oxygens (including phenoxy) is 1. The molecule has 2 atom stereocenters. The Hall–Kier alpha value is -1.66. The average Bonchev–Trinajstić information content (AvgIpc) is 3.42. The lowest BCUT2D eigenvalue weighted by atomic mass is 10.0. The minimum absolute atomic E-state index is 0.0125. The van der Waals surface area contributed by atoms with Gasteiger partial charge in [-0.2, -0.15) is 0 Å². The second-order valence-corrected chi connectivity index (χ2v) is 23.9. The molecule has 76 heavy (non-hydrogen) atoms. The zero-order valence-electron chi connectivity index (χ0n) is 51.5. The third-order valence-electron chi connectivity index (χ3n) is 16.2. The Morgan fingerprint density at radius 3 is 0.961 bits per heavy atom. The number of hydrogen-bond donors (Lipinski definition) is 3. The number of aliphatic hydroxyl groups excluding tert-OH is 2. The fourth-order valence-electron chi connectivity index (χ4n) is 10.9. The van der Waals surface area contributed by atoms with Crippen LogP contribution in [0, 0.1) is 0 Å². The normalized spacial score (nSPS) is 12.6. The van der Waals surface area contributed by atoms with Gasteiger partial charge in [0.25, 0.3) is 0 Å². The number of hydrogen-bond acceptors (Lipinski definition) is 5. The molecule has 0 bridgehead atoms. The smallest absolute Gasteiger partial charge is 0.305 e. The van der Waals surface area contributed by atoms with Crippen molar-refractivity contribution in [3.8, 4) is 0 Å². The molecule has 0 aromatic rings. The van der Waals surface area contributed by atoms with Gasteiger partial charge in [-0.25, -0.2) is 0 Å². The molecule has 0 saturated heterocycles. The summed E-state index contributed by atoms with van der Waals surface area (Å²) in [6, 6.07) is -0.622. The van der Waals surface area contributed by atoms with Crippen LogP contribution in [-0.2, 0) is 14.3 Å². The van der Waals surface area contributed by atoms with Crippen LogP contribution in [0.3, 0.4) is 0 Å². The molecule has 0 aromatic carbocycles. The number of aliphatic hydroxyl groups is 2. The summed E-state index contributed by atoms with van der Waals surface area (Å²) in [4.78, 5) is 24.5. The van der Waals surface area contributed by atoms with Crippen molar-refractivity contribution in [3.05, 3.63) is 24.3 Å². The van der Waals surface area contributed by atoms with Crippen molar-refractivity contribution < 1.29 is 24.5 Å². The standard InChI is InChI=1S/C70H135NO5/c1-3-5-7-9-11-13-15-42-46-50-54-58-62-68(73)67(66-72)71-69(74)63-59-55-51-47-43-40-38-36-34-32-30-28-26-24-22-20-18-17-19-21-23-25-27-29-31-33-35-37-39-41-45-49-53-57-61-65-76-70(75)64-60-56-52-48-44-16-14-12-10-8-6-4-2/h12,14,58,62,67-68,72-73H,3-11,13,15-57,59-61,63-66H2,1-2H3,(H,71,74)/b14-12-,62-58+. The van der Waals surface area contributed by atoms with Gasteiger partial charge in [-0.3, -0.25) is 9.59 Å². The molecular weight excluding hydrogens is 935 g/mol. The number of unbranched alkanes of at least 4 members (excludes halogenated alkanes) is 52. The van der Waals surface area contributed by atoms with Gasteiger partial charge in [0.2, 0.25) is 5.91 Å². The number of rotatable bonds is 65. The number of esters is 1. The molecule has 0 heterocycles. The first-order valence-electron chi connectivity index (χ1n) is 34.6. The van der Waals surface area contributed by atoms with Crippen LogP contribution in [0.25, 0.3) is 0 Å². The van der Waals surface area contributed by atoms with E-state index in [1.807, 2.05) is 6.08 Å². The second kappa shape index (κ2) is 65.9. The molecule has 0 aromatic heterocycles. The van der Waals surface area contributed by atoms with Gasteiger partial charge < -0.3 is 20.3 Å². The van der Waals surface area contributed by atoms with Crippen LogP contribution >= 0.6 is 0 Å². The predicted octanol–water partition coefficient (Wildman–Crippen LogP) is 22.1. The molecule has 0 aliphatic carbocycles. The van der Waals surface area contributed by atoms with E-state index in [1.165, 1.54) is 315 Å². The van der Waals surface area contributed by atoms with E-state index in [4.69, 9.17) is 4.74 Å². The molecule has 0 fully saturated rings. The molecule has 450 valence electrons. The van der Waals surface area contributed by atoms with Gasteiger partial charge in [-0.1, -0.05) is 340 Å². The number of allylic oxidation sites excluding steroid dienone is 3. The third kappa shape index (κ3) is 61.6. The van der Waals surface area contributed by atoms with E-state index in [1.54, 1.807) is 6.08 Å². The quantitative estimate of drug-likeness (QED) is 0.0320. The van der Waals surface area contributed by atoms with E-state index in [0.29, 0.717) is 19.4 Å². The molecular formula is C70H135NO5. The van der Waals surface area contributed by atoms with E-state index >= 15 is 0 Å². The second-order valence-electron chi connectivity index (χ2n) is 23.9. The highest BCUT2D eigenvalue weighted by molar-refractivity contribution is 5.76. The Morgan fingerprint density at radius 2 is 0.618 bits per heavy atom. The van der Waals surface area contributed by atoms with Crippen LogP contribution in [0.15, 0.2) is 24.3 Å². The lowest BCUT2D eigenvalue weighted by Crippen LogP contribution is -2.45. The Kier molecular flexibility index (Phi) is 64.4. The van der Waals surface area contributed by atoms with Crippen LogP contribution in [0.4, 0.5) is 0 Å².